The maximum Gasteiger partial charge on any atom is 0.0764 e. The Morgan fingerprint density at radius 2 is 2.12 bits per heavy atom. The standard InChI is InChI=1S/C13H13N3/c1-2-8-14-13-9-15-16(11-13)10-12-6-4-3-5-7-12/h1,3-7,9,11,14H,8,10H2. The first-order valence-corrected chi connectivity index (χ1v) is 5.12. The summed E-state index contributed by atoms with van der Waals surface area (Å²) < 4.78 is 1.88. The Hall–Kier alpha value is -2.21. The minimum absolute atomic E-state index is 0.525. The zero-order valence-electron chi connectivity index (χ0n) is 8.93. The van der Waals surface area contributed by atoms with Crippen LogP contribution in [-0.2, 0) is 6.54 Å². The molecule has 0 bridgehead atoms. The van der Waals surface area contributed by atoms with Crippen LogP contribution < -0.4 is 5.32 Å². The van der Waals surface area contributed by atoms with Crippen molar-refractivity contribution in [3.8, 4) is 12.3 Å². The highest BCUT2D eigenvalue weighted by atomic mass is 15.3. The minimum atomic E-state index is 0.525. The summed E-state index contributed by atoms with van der Waals surface area (Å²) in [5.41, 5.74) is 2.18. The molecule has 0 spiro atoms. The molecular formula is C13H13N3. The van der Waals surface area contributed by atoms with Gasteiger partial charge >= 0.3 is 0 Å². The summed E-state index contributed by atoms with van der Waals surface area (Å²) in [7, 11) is 0. The Balaban J connectivity index is 2.01. The molecule has 0 saturated heterocycles. The van der Waals surface area contributed by atoms with Crippen LogP contribution in [0.1, 0.15) is 5.56 Å². The first kappa shape index (κ1) is 10.3. The minimum Gasteiger partial charge on any atom is -0.372 e. The quantitative estimate of drug-likeness (QED) is 0.784. The molecule has 0 radical (unpaired) electrons. The van der Waals surface area contributed by atoms with E-state index in [0.29, 0.717) is 6.54 Å². The van der Waals surface area contributed by atoms with Gasteiger partial charge in [-0.25, -0.2) is 0 Å². The van der Waals surface area contributed by atoms with E-state index in [1.165, 1.54) is 5.56 Å². The molecule has 80 valence electrons. The molecule has 0 amide bonds. The van der Waals surface area contributed by atoms with Crippen molar-refractivity contribution in [2.45, 2.75) is 6.54 Å². The summed E-state index contributed by atoms with van der Waals surface area (Å²) in [6.07, 6.45) is 8.89. The number of nitrogens with one attached hydrogen (secondary N) is 1. The first-order valence-electron chi connectivity index (χ1n) is 5.12. The molecule has 3 heteroatoms. The van der Waals surface area contributed by atoms with Gasteiger partial charge < -0.3 is 5.32 Å². The lowest BCUT2D eigenvalue weighted by Gasteiger charge is -2.00. The largest absolute Gasteiger partial charge is 0.372 e. The van der Waals surface area contributed by atoms with Crippen LogP contribution in [0, 0.1) is 12.3 Å². The molecule has 2 aromatic rings. The Kier molecular flexibility index (Phi) is 3.25. The van der Waals surface area contributed by atoms with Crippen LogP contribution >= 0.6 is 0 Å². The highest BCUT2D eigenvalue weighted by Gasteiger charge is 1.97. The van der Waals surface area contributed by atoms with Crippen molar-refractivity contribution in [3.63, 3.8) is 0 Å². The Bertz CT molecular complexity index is 479. The maximum absolute atomic E-state index is 5.17. The van der Waals surface area contributed by atoms with Crippen LogP contribution in [0.5, 0.6) is 0 Å². The molecule has 1 aromatic carbocycles. The Morgan fingerprint density at radius 1 is 1.31 bits per heavy atom. The van der Waals surface area contributed by atoms with Crippen molar-refractivity contribution in [1.82, 2.24) is 9.78 Å². The summed E-state index contributed by atoms with van der Waals surface area (Å²) in [6, 6.07) is 10.2. The Labute approximate surface area is 95.1 Å². The third kappa shape index (κ3) is 2.64. The molecule has 0 unspecified atom stereocenters. The van der Waals surface area contributed by atoms with Gasteiger partial charge in [0.05, 0.1) is 25.0 Å². The molecule has 0 saturated carbocycles. The van der Waals surface area contributed by atoms with Crippen LogP contribution in [0.25, 0.3) is 0 Å². The zero-order valence-corrected chi connectivity index (χ0v) is 8.93. The molecule has 2 rings (SSSR count). The van der Waals surface area contributed by atoms with Gasteiger partial charge in [0.15, 0.2) is 0 Å². The number of benzene rings is 1. The van der Waals surface area contributed by atoms with E-state index >= 15 is 0 Å². The topological polar surface area (TPSA) is 29.9 Å². The van der Waals surface area contributed by atoms with Gasteiger partial charge in [-0.15, -0.1) is 6.42 Å². The van der Waals surface area contributed by atoms with Gasteiger partial charge in [-0.2, -0.15) is 5.10 Å². The summed E-state index contributed by atoms with van der Waals surface area (Å²) in [5.74, 6) is 2.53. The fourth-order valence-electron chi connectivity index (χ4n) is 1.46. The molecule has 1 heterocycles. The van der Waals surface area contributed by atoms with E-state index in [9.17, 15) is 0 Å². The van der Waals surface area contributed by atoms with E-state index in [1.807, 2.05) is 29.1 Å². The SMILES string of the molecule is C#CCNc1cnn(Cc2ccccc2)c1. The van der Waals surface area contributed by atoms with Crippen molar-refractivity contribution in [3.05, 3.63) is 48.3 Å². The van der Waals surface area contributed by atoms with Crippen LogP contribution in [0.15, 0.2) is 42.7 Å². The molecule has 3 nitrogen and oxygen atoms in total. The molecule has 0 fully saturated rings. The number of aromatic nitrogens is 2. The van der Waals surface area contributed by atoms with E-state index in [4.69, 9.17) is 6.42 Å². The normalized spacial score (nSPS) is 9.69. The van der Waals surface area contributed by atoms with Crippen molar-refractivity contribution in [2.75, 3.05) is 11.9 Å². The number of hydrogen-bond acceptors (Lipinski definition) is 2. The lowest BCUT2D eigenvalue weighted by atomic mass is 10.2. The monoisotopic (exact) mass is 211 g/mol. The summed E-state index contributed by atoms with van der Waals surface area (Å²) >= 11 is 0. The number of hydrogen-bond donors (Lipinski definition) is 1. The van der Waals surface area contributed by atoms with E-state index in [1.54, 1.807) is 6.20 Å². The van der Waals surface area contributed by atoms with Crippen LogP contribution in [-0.4, -0.2) is 16.3 Å². The van der Waals surface area contributed by atoms with E-state index in [0.717, 1.165) is 12.2 Å². The maximum atomic E-state index is 5.17. The van der Waals surface area contributed by atoms with Gasteiger partial charge in [0.2, 0.25) is 0 Å². The first-order chi connectivity index (χ1) is 7.88. The highest BCUT2D eigenvalue weighted by molar-refractivity contribution is 5.39. The number of anilines is 1. The summed E-state index contributed by atoms with van der Waals surface area (Å²) in [5, 5.41) is 7.33. The van der Waals surface area contributed by atoms with Gasteiger partial charge in [-0.05, 0) is 5.56 Å². The van der Waals surface area contributed by atoms with Crippen molar-refractivity contribution in [2.24, 2.45) is 0 Å². The molecule has 0 aliphatic rings. The molecule has 1 aromatic heterocycles. The lowest BCUT2D eigenvalue weighted by Crippen LogP contribution is -2.00. The molecule has 1 N–H and O–H groups in total. The van der Waals surface area contributed by atoms with Crippen LogP contribution in [0.2, 0.25) is 0 Å². The number of terminal acetylenes is 1. The second-order valence-electron chi connectivity index (χ2n) is 3.47. The van der Waals surface area contributed by atoms with E-state index in [-0.39, 0.29) is 0 Å². The third-order valence-corrected chi connectivity index (χ3v) is 2.22. The fraction of sp³-hybridized carbons (Fsp3) is 0.154. The predicted octanol–water partition coefficient (Wildman–Crippen LogP) is 1.98. The molecule has 0 aliphatic heterocycles. The Morgan fingerprint density at radius 3 is 2.88 bits per heavy atom. The predicted molar refractivity (Wildman–Crippen MR) is 65.1 cm³/mol. The molecular weight excluding hydrogens is 198 g/mol. The van der Waals surface area contributed by atoms with Crippen molar-refractivity contribution >= 4 is 5.69 Å². The summed E-state index contributed by atoms with van der Waals surface area (Å²) in [6.45, 7) is 1.30. The second-order valence-corrected chi connectivity index (χ2v) is 3.47. The third-order valence-electron chi connectivity index (χ3n) is 2.22. The lowest BCUT2D eigenvalue weighted by molar-refractivity contribution is 0.687. The summed E-state index contributed by atoms with van der Waals surface area (Å²) in [4.78, 5) is 0. The van der Waals surface area contributed by atoms with Crippen molar-refractivity contribution < 1.29 is 0 Å². The van der Waals surface area contributed by atoms with Gasteiger partial charge in [0.25, 0.3) is 0 Å². The zero-order chi connectivity index (χ0) is 11.2. The molecule has 0 atom stereocenters. The molecule has 16 heavy (non-hydrogen) atoms. The van der Waals surface area contributed by atoms with Gasteiger partial charge in [-0.3, -0.25) is 4.68 Å². The van der Waals surface area contributed by atoms with Crippen molar-refractivity contribution in [1.29, 1.82) is 0 Å². The van der Waals surface area contributed by atoms with Crippen LogP contribution in [0.4, 0.5) is 5.69 Å². The van der Waals surface area contributed by atoms with E-state index < -0.39 is 0 Å². The smallest absolute Gasteiger partial charge is 0.0764 e. The number of rotatable bonds is 4. The highest BCUT2D eigenvalue weighted by Crippen LogP contribution is 2.07. The second kappa shape index (κ2) is 5.04. The average Bonchev–Trinajstić information content (AvgIpc) is 2.75. The van der Waals surface area contributed by atoms with Gasteiger partial charge in [0.1, 0.15) is 0 Å². The van der Waals surface area contributed by atoms with Gasteiger partial charge in [-0.1, -0.05) is 36.3 Å². The molecule has 0 aliphatic carbocycles. The van der Waals surface area contributed by atoms with Crippen LogP contribution in [0.3, 0.4) is 0 Å². The van der Waals surface area contributed by atoms with Gasteiger partial charge in [0, 0.05) is 6.20 Å². The van der Waals surface area contributed by atoms with E-state index in [2.05, 4.69) is 28.5 Å². The average molecular weight is 211 g/mol. The number of nitrogens with zero attached hydrogens (tertiary/aromatic N) is 2. The fourth-order valence-corrected chi connectivity index (χ4v) is 1.46.